The summed E-state index contributed by atoms with van der Waals surface area (Å²) in [5, 5.41) is 0. The number of rotatable bonds is 5. The Bertz CT molecular complexity index is 538. The average Bonchev–Trinajstić information content (AvgIpc) is 2.52. The Kier molecular flexibility index (Phi) is 4.77. The standard InChI is InChI=1S/C18H21NS/c1-2-9-18(10-3-1)20-14-6-12-19-13-11-16-7-4-5-8-17(16)15-19/h1-5,7-10H,6,11-15H2/p+1. The SMILES string of the molecule is c1ccc(SCCC[NH+]2CCc3ccccc3C2)cc1. The zero-order valence-electron chi connectivity index (χ0n) is 11.8. The molecule has 1 nitrogen and oxygen atoms in total. The fourth-order valence-electron chi connectivity index (χ4n) is 2.89. The van der Waals surface area contributed by atoms with Gasteiger partial charge in [-0.3, -0.25) is 0 Å². The predicted octanol–water partition coefficient (Wildman–Crippen LogP) is 2.81. The summed E-state index contributed by atoms with van der Waals surface area (Å²) >= 11 is 1.98. The summed E-state index contributed by atoms with van der Waals surface area (Å²) in [7, 11) is 0. The highest BCUT2D eigenvalue weighted by atomic mass is 32.2. The average molecular weight is 284 g/mol. The third-order valence-electron chi connectivity index (χ3n) is 3.99. The lowest BCUT2D eigenvalue weighted by molar-refractivity contribution is -0.915. The van der Waals surface area contributed by atoms with Crippen molar-refractivity contribution in [3.63, 3.8) is 0 Å². The van der Waals surface area contributed by atoms with E-state index < -0.39 is 0 Å². The highest BCUT2D eigenvalue weighted by molar-refractivity contribution is 7.99. The van der Waals surface area contributed by atoms with E-state index >= 15 is 0 Å². The molecule has 0 aromatic heterocycles. The molecule has 1 aliphatic rings. The van der Waals surface area contributed by atoms with Crippen molar-refractivity contribution in [1.82, 2.24) is 0 Å². The molecule has 1 heterocycles. The van der Waals surface area contributed by atoms with Crippen LogP contribution in [0.3, 0.4) is 0 Å². The number of fused-ring (bicyclic) bond motifs is 1. The van der Waals surface area contributed by atoms with Gasteiger partial charge in [-0.25, -0.2) is 0 Å². The highest BCUT2D eigenvalue weighted by Gasteiger charge is 2.17. The molecule has 0 spiro atoms. The zero-order chi connectivity index (χ0) is 13.6. The van der Waals surface area contributed by atoms with E-state index in [0.29, 0.717) is 0 Å². The molecule has 20 heavy (non-hydrogen) atoms. The summed E-state index contributed by atoms with van der Waals surface area (Å²) < 4.78 is 0. The van der Waals surface area contributed by atoms with Gasteiger partial charge in [0.1, 0.15) is 6.54 Å². The van der Waals surface area contributed by atoms with Gasteiger partial charge in [0.05, 0.1) is 13.1 Å². The van der Waals surface area contributed by atoms with Crippen LogP contribution in [0.5, 0.6) is 0 Å². The van der Waals surface area contributed by atoms with Crippen LogP contribution in [0.15, 0.2) is 59.5 Å². The normalized spacial score (nSPS) is 17.7. The van der Waals surface area contributed by atoms with Crippen LogP contribution in [0.25, 0.3) is 0 Å². The van der Waals surface area contributed by atoms with Crippen molar-refractivity contribution in [3.8, 4) is 0 Å². The van der Waals surface area contributed by atoms with Crippen LogP contribution in [0.2, 0.25) is 0 Å². The van der Waals surface area contributed by atoms with Gasteiger partial charge in [0.15, 0.2) is 0 Å². The van der Waals surface area contributed by atoms with E-state index in [1.54, 1.807) is 16.0 Å². The van der Waals surface area contributed by atoms with Crippen LogP contribution in [0.4, 0.5) is 0 Å². The van der Waals surface area contributed by atoms with Gasteiger partial charge in [0.25, 0.3) is 0 Å². The zero-order valence-corrected chi connectivity index (χ0v) is 12.7. The number of thioether (sulfide) groups is 1. The van der Waals surface area contributed by atoms with Gasteiger partial charge in [-0.05, 0) is 17.7 Å². The lowest BCUT2D eigenvalue weighted by Crippen LogP contribution is -3.11. The molecule has 0 radical (unpaired) electrons. The lowest BCUT2D eigenvalue weighted by Gasteiger charge is -2.25. The largest absolute Gasteiger partial charge is 0.331 e. The minimum Gasteiger partial charge on any atom is -0.331 e. The first-order valence-electron chi connectivity index (χ1n) is 7.50. The van der Waals surface area contributed by atoms with Crippen LogP contribution in [-0.2, 0) is 13.0 Å². The van der Waals surface area contributed by atoms with Gasteiger partial charge in [-0.1, -0.05) is 42.5 Å². The second-order valence-corrected chi connectivity index (χ2v) is 6.63. The quantitative estimate of drug-likeness (QED) is 0.653. The summed E-state index contributed by atoms with van der Waals surface area (Å²) in [6.45, 7) is 3.81. The van der Waals surface area contributed by atoms with Crippen LogP contribution in [0, 0.1) is 0 Å². The first kappa shape index (κ1) is 13.7. The van der Waals surface area contributed by atoms with Crippen molar-refractivity contribution in [2.45, 2.75) is 24.3 Å². The number of benzene rings is 2. The van der Waals surface area contributed by atoms with Crippen molar-refractivity contribution < 1.29 is 4.90 Å². The molecule has 0 saturated heterocycles. The van der Waals surface area contributed by atoms with Crippen molar-refractivity contribution in [1.29, 1.82) is 0 Å². The van der Waals surface area contributed by atoms with Crippen LogP contribution in [-0.4, -0.2) is 18.8 Å². The molecule has 0 saturated carbocycles. The summed E-state index contributed by atoms with van der Waals surface area (Å²) in [5.74, 6) is 1.23. The van der Waals surface area contributed by atoms with Gasteiger partial charge in [0.2, 0.25) is 0 Å². The maximum absolute atomic E-state index is 2.30. The topological polar surface area (TPSA) is 4.44 Å². The molecule has 0 fully saturated rings. The van der Waals surface area contributed by atoms with Crippen molar-refractivity contribution in [2.75, 3.05) is 18.8 Å². The summed E-state index contributed by atoms with van der Waals surface area (Å²) in [4.78, 5) is 3.14. The molecule has 2 aromatic rings. The van der Waals surface area contributed by atoms with Crippen LogP contribution < -0.4 is 4.90 Å². The minimum absolute atomic E-state index is 1.21. The third-order valence-corrected chi connectivity index (χ3v) is 5.09. The fourth-order valence-corrected chi connectivity index (χ4v) is 3.76. The summed E-state index contributed by atoms with van der Waals surface area (Å²) in [6.07, 6.45) is 2.55. The molecule has 1 aliphatic heterocycles. The smallest absolute Gasteiger partial charge is 0.103 e. The van der Waals surface area contributed by atoms with Gasteiger partial charge in [-0.15, -0.1) is 11.8 Å². The van der Waals surface area contributed by atoms with E-state index in [1.807, 2.05) is 11.8 Å². The molecule has 0 aliphatic carbocycles. The Balaban J connectivity index is 1.42. The van der Waals surface area contributed by atoms with E-state index in [-0.39, 0.29) is 0 Å². The van der Waals surface area contributed by atoms with Gasteiger partial charge < -0.3 is 4.90 Å². The van der Waals surface area contributed by atoms with E-state index in [9.17, 15) is 0 Å². The maximum Gasteiger partial charge on any atom is 0.103 e. The number of nitrogens with one attached hydrogen (secondary N) is 1. The summed E-state index contributed by atoms with van der Waals surface area (Å²) in [5.41, 5.74) is 3.12. The second-order valence-electron chi connectivity index (χ2n) is 5.46. The minimum atomic E-state index is 1.21. The molecule has 2 aromatic carbocycles. The molecule has 0 bridgehead atoms. The van der Waals surface area contributed by atoms with Crippen molar-refractivity contribution in [2.24, 2.45) is 0 Å². The molecular formula is C18H22NS+. The Hall–Kier alpha value is -1.25. The number of hydrogen-bond donors (Lipinski definition) is 1. The molecular weight excluding hydrogens is 262 g/mol. The Labute approximate surface area is 126 Å². The fraction of sp³-hybridized carbons (Fsp3) is 0.333. The Morgan fingerprint density at radius 2 is 1.65 bits per heavy atom. The lowest BCUT2D eigenvalue weighted by atomic mass is 10.00. The Morgan fingerprint density at radius 1 is 0.900 bits per heavy atom. The number of hydrogen-bond acceptors (Lipinski definition) is 1. The molecule has 1 atom stereocenters. The third kappa shape index (κ3) is 3.65. The molecule has 1 N–H and O–H groups in total. The molecule has 2 heteroatoms. The van der Waals surface area contributed by atoms with Crippen molar-refractivity contribution in [3.05, 3.63) is 65.7 Å². The van der Waals surface area contributed by atoms with E-state index in [1.165, 1.54) is 43.1 Å². The Morgan fingerprint density at radius 3 is 2.50 bits per heavy atom. The summed E-state index contributed by atoms with van der Waals surface area (Å²) in [6, 6.07) is 19.7. The van der Waals surface area contributed by atoms with Crippen molar-refractivity contribution >= 4 is 11.8 Å². The highest BCUT2D eigenvalue weighted by Crippen LogP contribution is 2.17. The maximum atomic E-state index is 2.30. The monoisotopic (exact) mass is 284 g/mol. The van der Waals surface area contributed by atoms with E-state index in [4.69, 9.17) is 0 Å². The van der Waals surface area contributed by atoms with Crippen LogP contribution >= 0.6 is 11.8 Å². The van der Waals surface area contributed by atoms with Gasteiger partial charge in [-0.2, -0.15) is 0 Å². The van der Waals surface area contributed by atoms with E-state index in [2.05, 4.69) is 54.6 Å². The second kappa shape index (κ2) is 6.96. The molecule has 3 rings (SSSR count). The molecule has 1 unspecified atom stereocenters. The van der Waals surface area contributed by atoms with E-state index in [0.717, 1.165) is 0 Å². The first-order chi connectivity index (χ1) is 9.92. The van der Waals surface area contributed by atoms with Gasteiger partial charge >= 0.3 is 0 Å². The van der Waals surface area contributed by atoms with Crippen LogP contribution in [0.1, 0.15) is 17.5 Å². The molecule has 0 amide bonds. The number of quaternary nitrogens is 1. The van der Waals surface area contributed by atoms with Gasteiger partial charge in [0, 0.05) is 29.1 Å². The predicted molar refractivity (Wildman–Crippen MR) is 86.3 cm³/mol. The first-order valence-corrected chi connectivity index (χ1v) is 8.48. The molecule has 104 valence electrons.